The largest absolute Gasteiger partial charge is 0.322 e. The second-order valence-corrected chi connectivity index (χ2v) is 9.67. The fourth-order valence-corrected chi connectivity index (χ4v) is 5.09. The number of fused-ring (bicyclic) bond motifs is 1. The molecule has 166 valence electrons. The van der Waals surface area contributed by atoms with Crippen molar-refractivity contribution in [3.05, 3.63) is 47.3 Å². The molecule has 1 amide bonds. The number of amides is 1. The van der Waals surface area contributed by atoms with Gasteiger partial charge in [-0.2, -0.15) is 9.40 Å². The van der Waals surface area contributed by atoms with Gasteiger partial charge in [0.05, 0.1) is 21.5 Å². The number of sulfonamides is 1. The molecule has 2 aromatic heterocycles. The zero-order valence-electron chi connectivity index (χ0n) is 18.8. The number of aryl methyl sites for hydroxylation is 2. The summed E-state index contributed by atoms with van der Waals surface area (Å²) in [4.78, 5) is 18.0. The van der Waals surface area contributed by atoms with Crippen molar-refractivity contribution in [3.63, 3.8) is 0 Å². The first-order chi connectivity index (χ1) is 14.6. The molecule has 0 aliphatic carbocycles. The number of nitrogens with one attached hydrogen (secondary N) is 1. The van der Waals surface area contributed by atoms with E-state index in [0.717, 1.165) is 5.69 Å². The molecular weight excluding hydrogens is 414 g/mol. The Kier molecular flexibility index (Phi) is 6.47. The number of hydrogen-bond acceptors (Lipinski definition) is 5. The minimum atomic E-state index is -3.62. The van der Waals surface area contributed by atoms with Crippen LogP contribution in [0.5, 0.6) is 0 Å². The van der Waals surface area contributed by atoms with Crippen LogP contribution in [-0.2, 0) is 17.1 Å². The minimum Gasteiger partial charge on any atom is -0.322 e. The highest BCUT2D eigenvalue weighted by atomic mass is 32.2. The van der Waals surface area contributed by atoms with Crippen LogP contribution in [0.15, 0.2) is 35.2 Å². The smallest absolute Gasteiger partial charge is 0.256 e. The molecule has 2 heterocycles. The van der Waals surface area contributed by atoms with Crippen molar-refractivity contribution in [2.75, 3.05) is 18.4 Å². The third-order valence-corrected chi connectivity index (χ3v) is 7.31. The summed E-state index contributed by atoms with van der Waals surface area (Å²) < 4.78 is 28.7. The number of carbonyl (C=O) groups excluding carboxylic acids is 1. The maximum absolute atomic E-state index is 13.2. The average molecular weight is 444 g/mol. The summed E-state index contributed by atoms with van der Waals surface area (Å²) in [5, 5.41) is 7.96. The molecular formula is C22H29N5O3S. The summed E-state index contributed by atoms with van der Waals surface area (Å²) in [6.45, 7) is 10.2. The SMILES string of the molecule is CCN(CC)S(=O)(=O)c1cccc(NC(=O)c2cc(C(C)C)nc3c2c(C)nn3C)c1. The topological polar surface area (TPSA) is 97.2 Å². The van der Waals surface area contributed by atoms with Gasteiger partial charge in [-0.1, -0.05) is 33.8 Å². The van der Waals surface area contributed by atoms with Crippen LogP contribution < -0.4 is 5.32 Å². The third-order valence-electron chi connectivity index (χ3n) is 5.26. The highest BCUT2D eigenvalue weighted by Crippen LogP contribution is 2.26. The summed E-state index contributed by atoms with van der Waals surface area (Å²) in [6.07, 6.45) is 0. The van der Waals surface area contributed by atoms with Gasteiger partial charge in [-0.15, -0.1) is 0 Å². The number of aromatic nitrogens is 3. The van der Waals surface area contributed by atoms with Crippen LogP contribution in [0.2, 0.25) is 0 Å². The molecule has 0 saturated carbocycles. The maximum atomic E-state index is 13.2. The van der Waals surface area contributed by atoms with Gasteiger partial charge in [-0.3, -0.25) is 9.48 Å². The highest BCUT2D eigenvalue weighted by molar-refractivity contribution is 7.89. The number of benzene rings is 1. The van der Waals surface area contributed by atoms with Gasteiger partial charge in [0.15, 0.2) is 5.65 Å². The monoisotopic (exact) mass is 443 g/mol. The number of anilines is 1. The maximum Gasteiger partial charge on any atom is 0.256 e. The Morgan fingerprint density at radius 3 is 2.48 bits per heavy atom. The number of carbonyl (C=O) groups is 1. The molecule has 0 aliphatic rings. The van der Waals surface area contributed by atoms with E-state index in [1.54, 1.807) is 43.8 Å². The molecule has 0 atom stereocenters. The van der Waals surface area contributed by atoms with Gasteiger partial charge in [0.1, 0.15) is 0 Å². The Bertz CT molecular complexity index is 1230. The summed E-state index contributed by atoms with van der Waals surface area (Å²) in [5.74, 6) is -0.198. The molecule has 0 radical (unpaired) electrons. The average Bonchev–Trinajstić information content (AvgIpc) is 3.02. The molecule has 3 aromatic rings. The van der Waals surface area contributed by atoms with Crippen molar-refractivity contribution >= 4 is 32.7 Å². The Morgan fingerprint density at radius 2 is 1.87 bits per heavy atom. The molecule has 0 spiro atoms. The van der Waals surface area contributed by atoms with Gasteiger partial charge in [0.2, 0.25) is 10.0 Å². The highest BCUT2D eigenvalue weighted by Gasteiger charge is 2.23. The fourth-order valence-electron chi connectivity index (χ4n) is 3.58. The molecule has 3 rings (SSSR count). The van der Waals surface area contributed by atoms with Crippen LogP contribution in [0.3, 0.4) is 0 Å². The molecule has 0 bridgehead atoms. The quantitative estimate of drug-likeness (QED) is 0.601. The second kappa shape index (κ2) is 8.76. The van der Waals surface area contributed by atoms with E-state index in [-0.39, 0.29) is 16.7 Å². The Balaban J connectivity index is 2.02. The first kappa shape index (κ1) is 22.9. The van der Waals surface area contributed by atoms with Crippen LogP contribution in [0.25, 0.3) is 11.0 Å². The predicted octanol–water partition coefficient (Wildman–Crippen LogP) is 3.68. The minimum absolute atomic E-state index is 0.133. The number of nitrogens with zero attached hydrogens (tertiary/aromatic N) is 4. The molecule has 0 saturated heterocycles. The molecule has 31 heavy (non-hydrogen) atoms. The summed E-state index contributed by atoms with van der Waals surface area (Å²) in [7, 11) is -1.82. The van der Waals surface area contributed by atoms with E-state index in [0.29, 0.717) is 41.1 Å². The zero-order valence-corrected chi connectivity index (χ0v) is 19.6. The van der Waals surface area contributed by atoms with Crippen molar-refractivity contribution in [2.45, 2.75) is 45.4 Å². The predicted molar refractivity (Wildman–Crippen MR) is 122 cm³/mol. The summed E-state index contributed by atoms with van der Waals surface area (Å²) in [6, 6.07) is 8.12. The van der Waals surface area contributed by atoms with Crippen LogP contribution in [0.4, 0.5) is 5.69 Å². The second-order valence-electron chi connectivity index (χ2n) is 7.73. The number of hydrogen-bond donors (Lipinski definition) is 1. The summed E-state index contributed by atoms with van der Waals surface area (Å²) in [5.41, 5.74) is 3.03. The summed E-state index contributed by atoms with van der Waals surface area (Å²) >= 11 is 0. The van der Waals surface area contributed by atoms with Gasteiger partial charge in [-0.25, -0.2) is 13.4 Å². The van der Waals surface area contributed by atoms with Gasteiger partial charge < -0.3 is 5.32 Å². The Hall–Kier alpha value is -2.78. The molecule has 1 aromatic carbocycles. The lowest BCUT2D eigenvalue weighted by Crippen LogP contribution is -2.30. The molecule has 0 aliphatic heterocycles. The Morgan fingerprint density at radius 1 is 1.19 bits per heavy atom. The lowest BCUT2D eigenvalue weighted by atomic mass is 10.0. The standard InChI is InChI=1S/C22H29N5O3S/c1-7-27(8-2)31(29,30)17-11-9-10-16(12-17)23-22(28)18-13-19(14(3)4)24-21-20(18)15(5)25-26(21)6/h9-14H,7-8H2,1-6H3,(H,23,28). The van der Waals surface area contributed by atoms with Crippen molar-refractivity contribution in [2.24, 2.45) is 7.05 Å². The van der Waals surface area contributed by atoms with E-state index in [1.165, 1.54) is 16.4 Å². The first-order valence-electron chi connectivity index (χ1n) is 10.4. The van der Waals surface area contributed by atoms with Crippen LogP contribution in [0, 0.1) is 6.92 Å². The lowest BCUT2D eigenvalue weighted by molar-refractivity contribution is 0.102. The van der Waals surface area contributed by atoms with E-state index in [1.807, 2.05) is 20.8 Å². The van der Waals surface area contributed by atoms with E-state index < -0.39 is 10.0 Å². The van der Waals surface area contributed by atoms with Crippen molar-refractivity contribution in [1.82, 2.24) is 19.1 Å². The normalized spacial score (nSPS) is 12.1. The van der Waals surface area contributed by atoms with Crippen LogP contribution in [-0.4, -0.2) is 46.5 Å². The lowest BCUT2D eigenvalue weighted by Gasteiger charge is -2.19. The molecule has 8 nitrogen and oxygen atoms in total. The molecule has 0 unspecified atom stereocenters. The van der Waals surface area contributed by atoms with E-state index in [9.17, 15) is 13.2 Å². The van der Waals surface area contributed by atoms with Crippen LogP contribution >= 0.6 is 0 Å². The van der Waals surface area contributed by atoms with Crippen LogP contribution in [0.1, 0.15) is 55.4 Å². The van der Waals surface area contributed by atoms with Gasteiger partial charge in [0.25, 0.3) is 5.91 Å². The van der Waals surface area contributed by atoms with Gasteiger partial charge in [-0.05, 0) is 37.1 Å². The first-order valence-corrected chi connectivity index (χ1v) is 11.8. The zero-order chi connectivity index (χ0) is 22.9. The van der Waals surface area contributed by atoms with Gasteiger partial charge >= 0.3 is 0 Å². The van der Waals surface area contributed by atoms with Crippen molar-refractivity contribution in [3.8, 4) is 0 Å². The van der Waals surface area contributed by atoms with Crippen molar-refractivity contribution in [1.29, 1.82) is 0 Å². The molecule has 1 N–H and O–H groups in total. The van der Waals surface area contributed by atoms with Gasteiger partial charge in [0, 0.05) is 31.5 Å². The van der Waals surface area contributed by atoms with Crippen molar-refractivity contribution < 1.29 is 13.2 Å². The number of rotatable bonds is 7. The molecule has 9 heteroatoms. The van der Waals surface area contributed by atoms with E-state index in [2.05, 4.69) is 15.4 Å². The fraction of sp³-hybridized carbons (Fsp3) is 0.409. The number of pyridine rings is 1. The third kappa shape index (κ3) is 4.33. The molecule has 0 fully saturated rings. The Labute approximate surface area is 183 Å². The van der Waals surface area contributed by atoms with E-state index >= 15 is 0 Å². The van der Waals surface area contributed by atoms with E-state index in [4.69, 9.17) is 0 Å².